The number of nitrogens with two attached hydrogens (primary N) is 1. The van der Waals surface area contributed by atoms with E-state index in [1.807, 2.05) is 12.1 Å². The third-order valence-electron chi connectivity index (χ3n) is 6.14. The van der Waals surface area contributed by atoms with E-state index < -0.39 is 15.9 Å². The lowest BCUT2D eigenvalue weighted by atomic mass is 9.80. The topological polar surface area (TPSA) is 97.7 Å². The molecule has 0 bridgehead atoms. The molecule has 152 valence electrons. The first-order valence-electron chi connectivity index (χ1n) is 9.64. The third kappa shape index (κ3) is 3.25. The molecule has 0 amide bonds. The Morgan fingerprint density at radius 3 is 2.57 bits per heavy atom. The second-order valence-corrected chi connectivity index (χ2v) is 11.4. The highest BCUT2D eigenvalue weighted by Crippen LogP contribution is 2.45. The molecular weight excluding hydrogens is 394 g/mol. The summed E-state index contributed by atoms with van der Waals surface area (Å²) in [4.78, 5) is 4.98. The number of aliphatic hydroxyl groups is 1. The van der Waals surface area contributed by atoms with Crippen LogP contribution in [0.25, 0.3) is 10.9 Å². The van der Waals surface area contributed by atoms with Crippen molar-refractivity contribution in [2.45, 2.75) is 62.0 Å². The summed E-state index contributed by atoms with van der Waals surface area (Å²) >= 11 is 1.58. The van der Waals surface area contributed by atoms with E-state index in [-0.39, 0.29) is 11.5 Å². The normalized spacial score (nSPS) is 23.3. The van der Waals surface area contributed by atoms with E-state index in [0.717, 1.165) is 52.9 Å². The molecule has 2 aromatic rings. The summed E-state index contributed by atoms with van der Waals surface area (Å²) in [5.74, 6) is 7.25. The molecule has 4 rings (SSSR count). The van der Waals surface area contributed by atoms with Crippen LogP contribution in [-0.2, 0) is 15.3 Å². The van der Waals surface area contributed by atoms with Gasteiger partial charge in [-0.2, -0.15) is 0 Å². The Morgan fingerprint density at radius 2 is 2.00 bits per heavy atom. The molecule has 6 nitrogen and oxygen atoms in total. The summed E-state index contributed by atoms with van der Waals surface area (Å²) < 4.78 is 26.3. The van der Waals surface area contributed by atoms with Crippen molar-refractivity contribution >= 4 is 37.5 Å². The highest BCUT2D eigenvalue weighted by molar-refractivity contribution is 8.14. The van der Waals surface area contributed by atoms with Gasteiger partial charge < -0.3 is 10.9 Å². The van der Waals surface area contributed by atoms with Gasteiger partial charge in [-0.1, -0.05) is 19.8 Å². The van der Waals surface area contributed by atoms with Gasteiger partial charge in [-0.05, 0) is 48.9 Å². The Kier molecular flexibility index (Phi) is 4.79. The number of fused-ring (bicyclic) bond motifs is 1. The Hall–Kier alpha value is -1.51. The van der Waals surface area contributed by atoms with Crippen molar-refractivity contribution in [1.82, 2.24) is 4.68 Å². The van der Waals surface area contributed by atoms with Gasteiger partial charge in [-0.15, -0.1) is 11.8 Å². The van der Waals surface area contributed by atoms with Crippen molar-refractivity contribution in [2.24, 2.45) is 4.99 Å². The number of nitrogens with zero attached hydrogens (tertiary/aromatic N) is 2. The Labute approximate surface area is 170 Å². The largest absolute Gasteiger partial charge is 0.391 e. The fraction of sp³-hybridized carbons (Fsp3) is 0.550. The van der Waals surface area contributed by atoms with Gasteiger partial charge in [-0.3, -0.25) is 9.67 Å². The van der Waals surface area contributed by atoms with Gasteiger partial charge in [0.05, 0.1) is 28.3 Å². The van der Waals surface area contributed by atoms with Crippen molar-refractivity contribution in [1.29, 1.82) is 0 Å². The average molecular weight is 422 g/mol. The Bertz CT molecular complexity index is 1060. The minimum Gasteiger partial charge on any atom is -0.391 e. The van der Waals surface area contributed by atoms with Gasteiger partial charge in [0, 0.05) is 17.4 Å². The molecular formula is C20H27N3O3S2. The monoisotopic (exact) mass is 421 g/mol. The van der Waals surface area contributed by atoms with Crippen LogP contribution in [0, 0.1) is 0 Å². The van der Waals surface area contributed by atoms with Crippen LogP contribution in [0.2, 0.25) is 0 Å². The average Bonchev–Trinajstić information content (AvgIpc) is 3.33. The van der Waals surface area contributed by atoms with E-state index in [4.69, 9.17) is 5.84 Å². The van der Waals surface area contributed by atoms with Crippen LogP contribution in [0.5, 0.6) is 0 Å². The van der Waals surface area contributed by atoms with E-state index in [1.54, 1.807) is 29.4 Å². The molecule has 0 spiro atoms. The molecule has 8 heteroatoms. The van der Waals surface area contributed by atoms with Gasteiger partial charge >= 0.3 is 0 Å². The van der Waals surface area contributed by atoms with E-state index in [2.05, 4.69) is 11.9 Å². The molecule has 0 radical (unpaired) electrons. The zero-order chi connectivity index (χ0) is 20.3. The molecule has 2 aliphatic rings. The number of thioether (sulfide) groups is 1. The molecule has 28 heavy (non-hydrogen) atoms. The van der Waals surface area contributed by atoms with E-state index in [0.29, 0.717) is 10.6 Å². The van der Waals surface area contributed by atoms with Crippen LogP contribution >= 0.6 is 11.8 Å². The van der Waals surface area contributed by atoms with E-state index >= 15 is 0 Å². The second kappa shape index (κ2) is 6.78. The Balaban J connectivity index is 1.95. The lowest BCUT2D eigenvalue weighted by molar-refractivity contribution is 0.174. The van der Waals surface area contributed by atoms with Crippen molar-refractivity contribution in [3.8, 4) is 0 Å². The zero-order valence-corrected chi connectivity index (χ0v) is 18.1. The standard InChI is InChI=1S/C20H27N3O3S2/c1-12(24)16-11-27-19(22-16)17-9-13-8-14(28(3,25)26)10-15(18(13)23(17)21)20(2)6-4-5-7-20/h8-10,12,16,24H,4-7,11,21H2,1-3H3. The van der Waals surface area contributed by atoms with Gasteiger partial charge in [0.2, 0.25) is 0 Å². The van der Waals surface area contributed by atoms with Gasteiger partial charge in [0.15, 0.2) is 9.84 Å². The number of hydrogen-bond donors (Lipinski definition) is 2. The van der Waals surface area contributed by atoms with Crippen molar-refractivity contribution < 1.29 is 13.5 Å². The molecule has 1 fully saturated rings. The number of sulfone groups is 1. The molecule has 2 atom stereocenters. The second-order valence-electron chi connectivity index (χ2n) is 8.40. The van der Waals surface area contributed by atoms with E-state index in [1.165, 1.54) is 6.26 Å². The maximum Gasteiger partial charge on any atom is 0.175 e. The molecule has 1 saturated carbocycles. The maximum absolute atomic E-state index is 12.3. The highest BCUT2D eigenvalue weighted by Gasteiger charge is 2.35. The van der Waals surface area contributed by atoms with Crippen LogP contribution in [-0.4, -0.2) is 47.4 Å². The maximum atomic E-state index is 12.3. The number of nitrogen functional groups attached to an aromatic ring is 1. The summed E-state index contributed by atoms with van der Waals surface area (Å²) in [5.41, 5.74) is 2.58. The third-order valence-corrected chi connectivity index (χ3v) is 8.33. The lowest BCUT2D eigenvalue weighted by Gasteiger charge is -2.26. The molecule has 2 unspecified atom stereocenters. The minimum absolute atomic E-state index is 0.0849. The number of aliphatic hydroxyl groups excluding tert-OH is 1. The van der Waals surface area contributed by atoms with Crippen LogP contribution in [0.3, 0.4) is 0 Å². The lowest BCUT2D eigenvalue weighted by Crippen LogP contribution is -2.22. The number of aliphatic imine (C=N–C) groups is 1. The molecule has 3 N–H and O–H groups in total. The quantitative estimate of drug-likeness (QED) is 0.740. The predicted molar refractivity (Wildman–Crippen MR) is 115 cm³/mol. The number of aromatic nitrogens is 1. The van der Waals surface area contributed by atoms with E-state index in [9.17, 15) is 13.5 Å². The van der Waals surface area contributed by atoms with Crippen LogP contribution < -0.4 is 5.84 Å². The molecule has 1 aromatic heterocycles. The van der Waals surface area contributed by atoms with Crippen molar-refractivity contribution in [3.05, 3.63) is 29.5 Å². The fourth-order valence-corrected chi connectivity index (χ4v) is 6.26. The molecule has 1 aliphatic heterocycles. The first kappa shape index (κ1) is 19.8. The number of benzene rings is 1. The SMILES string of the molecule is CC(O)C1CSC(c2cc3cc(S(C)(=O)=O)cc(C4(C)CCCC4)c3n2N)=N1. The minimum atomic E-state index is -3.33. The zero-order valence-electron chi connectivity index (χ0n) is 16.5. The van der Waals surface area contributed by atoms with Crippen LogP contribution in [0.15, 0.2) is 28.1 Å². The molecule has 1 aliphatic carbocycles. The number of hydrogen-bond acceptors (Lipinski definition) is 6. The summed E-state index contributed by atoms with van der Waals surface area (Å²) in [6.45, 7) is 3.95. The molecule has 2 heterocycles. The van der Waals surface area contributed by atoms with Crippen molar-refractivity contribution in [3.63, 3.8) is 0 Å². The summed E-state index contributed by atoms with van der Waals surface area (Å²) in [7, 11) is -3.33. The van der Waals surface area contributed by atoms with Crippen LogP contribution in [0.4, 0.5) is 0 Å². The van der Waals surface area contributed by atoms with Gasteiger partial charge in [0.25, 0.3) is 0 Å². The first-order valence-corrected chi connectivity index (χ1v) is 12.5. The predicted octanol–water partition coefficient (Wildman–Crippen LogP) is 2.83. The van der Waals surface area contributed by atoms with Gasteiger partial charge in [-0.25, -0.2) is 8.42 Å². The fourth-order valence-electron chi connectivity index (χ4n) is 4.39. The smallest absolute Gasteiger partial charge is 0.175 e. The Morgan fingerprint density at radius 1 is 1.32 bits per heavy atom. The van der Waals surface area contributed by atoms with Crippen molar-refractivity contribution in [2.75, 3.05) is 17.9 Å². The molecule has 1 aromatic carbocycles. The summed E-state index contributed by atoms with van der Waals surface area (Å²) in [6, 6.07) is 5.32. The van der Waals surface area contributed by atoms with Crippen LogP contribution in [0.1, 0.15) is 50.8 Å². The van der Waals surface area contributed by atoms with Gasteiger partial charge in [0.1, 0.15) is 5.04 Å². The summed E-state index contributed by atoms with van der Waals surface area (Å²) in [6.07, 6.45) is 5.06. The highest BCUT2D eigenvalue weighted by atomic mass is 32.2. The summed E-state index contributed by atoms with van der Waals surface area (Å²) in [5, 5.41) is 11.5. The molecule has 0 saturated heterocycles. The number of rotatable bonds is 4. The first-order chi connectivity index (χ1) is 13.1.